The molecule has 38 heavy (non-hydrogen) atoms. The Bertz CT molecular complexity index is 1440. The Morgan fingerprint density at radius 1 is 0.921 bits per heavy atom. The van der Waals surface area contributed by atoms with Gasteiger partial charge < -0.3 is 26.3 Å². The van der Waals surface area contributed by atoms with Crippen LogP contribution in [0.25, 0.3) is 21.0 Å². The Labute approximate surface area is 225 Å². The van der Waals surface area contributed by atoms with E-state index in [-0.39, 0.29) is 23.6 Å². The predicted octanol–water partition coefficient (Wildman–Crippen LogP) is 3.23. The highest BCUT2D eigenvalue weighted by molar-refractivity contribution is 7.17. The molecule has 0 aliphatic carbocycles. The second-order valence-electron chi connectivity index (χ2n) is 9.87. The number of fused-ring (bicyclic) bond motifs is 2. The van der Waals surface area contributed by atoms with Crippen LogP contribution in [0.4, 0.5) is 0 Å². The molecule has 9 heteroatoms. The lowest BCUT2D eigenvalue weighted by atomic mass is 9.96. The lowest BCUT2D eigenvalue weighted by molar-refractivity contribution is -0.132. The number of benzene rings is 2. The number of carbonyl (C=O) groups is 3. The Morgan fingerprint density at radius 3 is 2.45 bits per heavy atom. The molecule has 0 radical (unpaired) electrons. The van der Waals surface area contributed by atoms with Gasteiger partial charge in [0.25, 0.3) is 0 Å². The molecule has 198 valence electrons. The molecule has 1 fully saturated rings. The maximum Gasteiger partial charge on any atom is 0.244 e. The fourth-order valence-corrected chi connectivity index (χ4v) is 6.15. The minimum absolute atomic E-state index is 0.105. The van der Waals surface area contributed by atoms with Crippen LogP contribution in [0.2, 0.25) is 0 Å². The van der Waals surface area contributed by atoms with Gasteiger partial charge in [-0.15, -0.1) is 11.3 Å². The zero-order valence-corrected chi connectivity index (χ0v) is 22.2. The van der Waals surface area contributed by atoms with Crippen LogP contribution in [-0.2, 0) is 27.2 Å². The van der Waals surface area contributed by atoms with Crippen molar-refractivity contribution >= 4 is 50.0 Å². The van der Waals surface area contributed by atoms with Crippen molar-refractivity contribution in [1.29, 1.82) is 0 Å². The molecule has 5 rings (SSSR count). The van der Waals surface area contributed by atoms with E-state index in [1.807, 2.05) is 48.7 Å². The smallest absolute Gasteiger partial charge is 0.244 e. The van der Waals surface area contributed by atoms with E-state index in [2.05, 4.69) is 37.7 Å². The summed E-state index contributed by atoms with van der Waals surface area (Å²) in [6.45, 7) is 3.01. The van der Waals surface area contributed by atoms with Crippen LogP contribution in [0.3, 0.4) is 0 Å². The second kappa shape index (κ2) is 11.8. The summed E-state index contributed by atoms with van der Waals surface area (Å²) in [5.74, 6) is -0.790. The van der Waals surface area contributed by atoms with Crippen LogP contribution in [0.15, 0.2) is 60.1 Å². The number of aromatic nitrogens is 1. The van der Waals surface area contributed by atoms with Crippen molar-refractivity contribution in [2.24, 2.45) is 5.92 Å². The first-order valence-corrected chi connectivity index (χ1v) is 13.9. The molecule has 4 aromatic rings. The Hall–Kier alpha value is -3.69. The molecule has 0 unspecified atom stereocenters. The summed E-state index contributed by atoms with van der Waals surface area (Å²) in [7, 11) is 0. The van der Waals surface area contributed by atoms with Gasteiger partial charge in [0.05, 0.1) is 0 Å². The molecule has 0 bridgehead atoms. The normalized spacial score (nSPS) is 15.7. The number of para-hydroxylation sites is 1. The van der Waals surface area contributed by atoms with E-state index in [0.717, 1.165) is 58.0 Å². The fraction of sp³-hybridized carbons (Fsp3) is 0.345. The summed E-state index contributed by atoms with van der Waals surface area (Å²) in [6, 6.07) is 15.2. The van der Waals surface area contributed by atoms with E-state index in [9.17, 15) is 14.4 Å². The first-order valence-electron chi connectivity index (χ1n) is 13.1. The molecule has 5 N–H and O–H groups in total. The lowest BCUT2D eigenvalue weighted by Crippen LogP contribution is -2.56. The molecule has 3 heterocycles. The molecule has 1 aliphatic rings. The van der Waals surface area contributed by atoms with Gasteiger partial charge in [-0.3, -0.25) is 14.4 Å². The molecule has 8 nitrogen and oxygen atoms in total. The van der Waals surface area contributed by atoms with Crippen LogP contribution in [0.5, 0.6) is 0 Å². The third-order valence-corrected chi connectivity index (χ3v) is 8.13. The Balaban J connectivity index is 1.37. The van der Waals surface area contributed by atoms with Crippen molar-refractivity contribution in [1.82, 2.24) is 26.3 Å². The Kier molecular flexibility index (Phi) is 8.05. The molecule has 0 spiro atoms. The van der Waals surface area contributed by atoms with Gasteiger partial charge >= 0.3 is 0 Å². The number of aromatic amines is 1. The van der Waals surface area contributed by atoms with Gasteiger partial charge in [0.2, 0.25) is 17.7 Å². The van der Waals surface area contributed by atoms with Crippen molar-refractivity contribution in [2.45, 2.75) is 44.8 Å². The van der Waals surface area contributed by atoms with Gasteiger partial charge in [-0.25, -0.2) is 0 Å². The molecule has 3 amide bonds. The van der Waals surface area contributed by atoms with Gasteiger partial charge in [0, 0.05) is 47.5 Å². The van der Waals surface area contributed by atoms with Gasteiger partial charge in [-0.1, -0.05) is 36.4 Å². The molecular formula is C29H33N5O3S. The number of nitrogens with one attached hydrogen (secondary N) is 5. The van der Waals surface area contributed by atoms with Gasteiger partial charge in [-0.2, -0.15) is 0 Å². The van der Waals surface area contributed by atoms with E-state index >= 15 is 0 Å². The first kappa shape index (κ1) is 25.9. The van der Waals surface area contributed by atoms with E-state index in [1.165, 1.54) is 6.92 Å². The van der Waals surface area contributed by atoms with E-state index < -0.39 is 12.2 Å². The van der Waals surface area contributed by atoms with Crippen LogP contribution in [0, 0.1) is 5.92 Å². The highest BCUT2D eigenvalue weighted by Gasteiger charge is 2.29. The average molecular weight is 532 g/mol. The standard InChI is InChI=1S/C29H33N5O3S/c1-18(35)32-27(15-21-17-38-26-9-5-3-7-23(21)26)34-29(37)25(33-28(36)19-10-12-30-13-11-19)14-20-16-31-24-8-4-2-6-22(20)24/h2-9,16-17,19,25,27,30-31H,10-15H2,1H3,(H,32,35)(H,33,36)(H,34,37)/t25-,27+/m1/s1. The fourth-order valence-electron chi connectivity index (χ4n) is 5.17. The predicted molar refractivity (Wildman–Crippen MR) is 151 cm³/mol. The number of carbonyl (C=O) groups excluding carboxylic acids is 3. The lowest BCUT2D eigenvalue weighted by Gasteiger charge is -2.27. The van der Waals surface area contributed by atoms with Crippen molar-refractivity contribution in [2.75, 3.05) is 13.1 Å². The largest absolute Gasteiger partial charge is 0.361 e. The molecule has 2 aromatic heterocycles. The quantitative estimate of drug-likeness (QED) is 0.213. The van der Waals surface area contributed by atoms with Crippen LogP contribution >= 0.6 is 11.3 Å². The van der Waals surface area contributed by atoms with Crippen molar-refractivity contribution in [3.8, 4) is 0 Å². The van der Waals surface area contributed by atoms with E-state index in [0.29, 0.717) is 12.8 Å². The van der Waals surface area contributed by atoms with Crippen LogP contribution < -0.4 is 21.3 Å². The molecule has 0 saturated carbocycles. The summed E-state index contributed by atoms with van der Waals surface area (Å²) in [4.78, 5) is 42.2. The van der Waals surface area contributed by atoms with Gasteiger partial charge in [-0.05, 0) is 60.0 Å². The third-order valence-electron chi connectivity index (χ3n) is 7.12. The average Bonchev–Trinajstić information content (AvgIpc) is 3.52. The SMILES string of the molecule is CC(=O)N[C@H](Cc1csc2ccccc12)NC(=O)[C@@H](Cc1c[nH]c2ccccc12)NC(=O)C1CCNCC1. The minimum Gasteiger partial charge on any atom is -0.361 e. The number of piperidine rings is 1. The number of hydrogen-bond acceptors (Lipinski definition) is 5. The topological polar surface area (TPSA) is 115 Å². The first-order chi connectivity index (χ1) is 18.5. The number of H-pyrrole nitrogens is 1. The van der Waals surface area contributed by atoms with Gasteiger partial charge in [0.1, 0.15) is 12.2 Å². The van der Waals surface area contributed by atoms with Gasteiger partial charge in [0.15, 0.2) is 0 Å². The second-order valence-corrected chi connectivity index (χ2v) is 10.8. The Morgan fingerprint density at radius 2 is 1.66 bits per heavy atom. The maximum atomic E-state index is 13.7. The van der Waals surface area contributed by atoms with E-state index in [4.69, 9.17) is 0 Å². The van der Waals surface area contributed by atoms with Crippen molar-refractivity contribution in [3.63, 3.8) is 0 Å². The van der Waals surface area contributed by atoms with Crippen LogP contribution in [-0.4, -0.2) is 48.0 Å². The zero-order chi connectivity index (χ0) is 26.5. The third kappa shape index (κ3) is 6.06. The molecule has 1 aliphatic heterocycles. The molecule has 2 aromatic carbocycles. The zero-order valence-electron chi connectivity index (χ0n) is 21.4. The monoisotopic (exact) mass is 531 g/mol. The van der Waals surface area contributed by atoms with E-state index in [1.54, 1.807) is 11.3 Å². The van der Waals surface area contributed by atoms with Crippen molar-refractivity contribution in [3.05, 3.63) is 71.2 Å². The summed E-state index contributed by atoms with van der Waals surface area (Å²) in [6.07, 6.45) is 3.54. The summed E-state index contributed by atoms with van der Waals surface area (Å²) in [5.41, 5.74) is 2.98. The minimum atomic E-state index is -0.785. The molecule has 2 atom stereocenters. The summed E-state index contributed by atoms with van der Waals surface area (Å²) >= 11 is 1.64. The number of rotatable bonds is 9. The highest BCUT2D eigenvalue weighted by atomic mass is 32.1. The summed E-state index contributed by atoms with van der Waals surface area (Å²) in [5, 5.41) is 16.4. The number of thiophene rings is 1. The number of amides is 3. The molecule has 1 saturated heterocycles. The highest BCUT2D eigenvalue weighted by Crippen LogP contribution is 2.26. The number of hydrogen-bond donors (Lipinski definition) is 5. The van der Waals surface area contributed by atoms with Crippen molar-refractivity contribution < 1.29 is 14.4 Å². The summed E-state index contributed by atoms with van der Waals surface area (Å²) < 4.78 is 1.15. The van der Waals surface area contributed by atoms with Crippen LogP contribution in [0.1, 0.15) is 30.9 Å². The maximum absolute atomic E-state index is 13.7. The molecular weight excluding hydrogens is 498 g/mol.